The van der Waals surface area contributed by atoms with Gasteiger partial charge < -0.3 is 4.52 Å². The lowest BCUT2D eigenvalue weighted by molar-refractivity contribution is -0.121. The second-order valence-corrected chi connectivity index (χ2v) is 7.12. The number of benzene rings is 2. The van der Waals surface area contributed by atoms with Crippen LogP contribution in [0.5, 0.6) is 0 Å². The van der Waals surface area contributed by atoms with Crippen LogP contribution in [0.3, 0.4) is 0 Å². The van der Waals surface area contributed by atoms with Crippen LogP contribution in [-0.2, 0) is 24.2 Å². The van der Waals surface area contributed by atoms with Gasteiger partial charge in [0.2, 0.25) is 5.91 Å². The maximum atomic E-state index is 12.5. The molecule has 4 aromatic rings. The monoisotopic (exact) mass is 403 g/mol. The minimum atomic E-state index is -0.502. The second-order valence-electron chi connectivity index (χ2n) is 7.12. The summed E-state index contributed by atoms with van der Waals surface area (Å²) in [5.74, 6) is -0.201. The summed E-state index contributed by atoms with van der Waals surface area (Å²) in [4.78, 5) is 41.7. The highest BCUT2D eigenvalue weighted by Crippen LogP contribution is 2.18. The molecule has 0 bridgehead atoms. The molecular weight excluding hydrogens is 386 g/mol. The van der Waals surface area contributed by atoms with Gasteiger partial charge in [0.15, 0.2) is 5.58 Å². The van der Waals surface area contributed by atoms with Crippen molar-refractivity contribution in [2.45, 2.75) is 25.8 Å². The SMILES string of the molecule is O=C(Cc1noc2ccccc12)NNC(=O)c1ccc2c(=O)n3c(nc2c1)CCC3. The van der Waals surface area contributed by atoms with Crippen LogP contribution < -0.4 is 16.4 Å². The zero-order valence-electron chi connectivity index (χ0n) is 15.8. The molecule has 1 aliphatic heterocycles. The smallest absolute Gasteiger partial charge is 0.269 e. The van der Waals surface area contributed by atoms with E-state index in [1.165, 1.54) is 0 Å². The summed E-state index contributed by atoms with van der Waals surface area (Å²) in [6.45, 7) is 0.673. The second kappa shape index (κ2) is 7.11. The molecule has 2 aromatic heterocycles. The standard InChI is InChI=1S/C21H17N5O4/c27-19(11-16-13-4-1-2-5-17(13)30-25-16)23-24-20(28)12-7-8-14-15(10-12)22-18-6-3-9-26(18)21(14)29/h1-2,4-5,7-8,10H,3,6,9,11H2,(H,23,27)(H,24,28). The quantitative estimate of drug-likeness (QED) is 0.500. The number of hydrazine groups is 1. The number of amides is 2. The average molecular weight is 403 g/mol. The molecule has 0 radical (unpaired) electrons. The molecule has 3 heterocycles. The van der Waals surface area contributed by atoms with Gasteiger partial charge in [0.25, 0.3) is 11.5 Å². The first kappa shape index (κ1) is 18.0. The fourth-order valence-corrected chi connectivity index (χ4v) is 3.69. The van der Waals surface area contributed by atoms with Crippen LogP contribution in [0.4, 0.5) is 0 Å². The van der Waals surface area contributed by atoms with Gasteiger partial charge in [0.1, 0.15) is 11.5 Å². The molecule has 2 aromatic carbocycles. The summed E-state index contributed by atoms with van der Waals surface area (Å²) in [6.07, 6.45) is 1.59. The van der Waals surface area contributed by atoms with Gasteiger partial charge in [-0.15, -0.1) is 0 Å². The van der Waals surface area contributed by atoms with Crippen molar-refractivity contribution in [3.63, 3.8) is 0 Å². The largest absolute Gasteiger partial charge is 0.356 e. The third-order valence-corrected chi connectivity index (χ3v) is 5.17. The van der Waals surface area contributed by atoms with Crippen molar-refractivity contribution in [2.75, 3.05) is 0 Å². The number of nitrogens with zero attached hydrogens (tertiary/aromatic N) is 3. The number of rotatable bonds is 3. The number of aromatic nitrogens is 3. The molecule has 0 spiro atoms. The minimum Gasteiger partial charge on any atom is -0.356 e. The van der Waals surface area contributed by atoms with E-state index in [0.717, 1.165) is 24.1 Å². The van der Waals surface area contributed by atoms with Crippen LogP contribution in [0.15, 0.2) is 51.8 Å². The van der Waals surface area contributed by atoms with Gasteiger partial charge in [0, 0.05) is 23.9 Å². The van der Waals surface area contributed by atoms with Crippen molar-refractivity contribution in [1.82, 2.24) is 25.6 Å². The van der Waals surface area contributed by atoms with Gasteiger partial charge in [-0.1, -0.05) is 17.3 Å². The number of aryl methyl sites for hydroxylation is 1. The number of nitrogens with one attached hydrogen (secondary N) is 2. The van der Waals surface area contributed by atoms with E-state index in [1.807, 2.05) is 18.2 Å². The highest BCUT2D eigenvalue weighted by atomic mass is 16.5. The maximum Gasteiger partial charge on any atom is 0.269 e. The van der Waals surface area contributed by atoms with Crippen molar-refractivity contribution in [3.05, 3.63) is 69.9 Å². The number of carbonyl (C=O) groups is 2. The van der Waals surface area contributed by atoms with E-state index in [-0.39, 0.29) is 12.0 Å². The molecule has 9 nitrogen and oxygen atoms in total. The molecule has 0 unspecified atom stereocenters. The summed E-state index contributed by atoms with van der Waals surface area (Å²) in [5.41, 5.74) is 6.52. The third kappa shape index (κ3) is 3.10. The van der Waals surface area contributed by atoms with E-state index >= 15 is 0 Å². The number of hydrogen-bond acceptors (Lipinski definition) is 6. The Morgan fingerprint density at radius 3 is 2.87 bits per heavy atom. The zero-order valence-corrected chi connectivity index (χ0v) is 15.8. The van der Waals surface area contributed by atoms with E-state index in [1.54, 1.807) is 28.8 Å². The van der Waals surface area contributed by atoms with Crippen molar-refractivity contribution >= 4 is 33.7 Å². The van der Waals surface area contributed by atoms with E-state index < -0.39 is 11.8 Å². The number of fused-ring (bicyclic) bond motifs is 3. The molecule has 0 saturated heterocycles. The number of carbonyl (C=O) groups excluding carboxylic acids is 2. The highest BCUT2D eigenvalue weighted by molar-refractivity contribution is 5.98. The molecule has 30 heavy (non-hydrogen) atoms. The van der Waals surface area contributed by atoms with E-state index in [9.17, 15) is 14.4 Å². The highest BCUT2D eigenvalue weighted by Gasteiger charge is 2.18. The Morgan fingerprint density at radius 1 is 1.10 bits per heavy atom. The predicted molar refractivity (Wildman–Crippen MR) is 108 cm³/mol. The van der Waals surface area contributed by atoms with Crippen LogP contribution in [0.2, 0.25) is 0 Å². The Hall–Kier alpha value is -4.01. The molecule has 0 atom stereocenters. The molecule has 0 aliphatic carbocycles. The first-order valence-electron chi connectivity index (χ1n) is 9.56. The molecule has 1 aliphatic rings. The minimum absolute atomic E-state index is 0.0422. The molecule has 0 fully saturated rings. The van der Waals surface area contributed by atoms with Crippen LogP contribution in [-0.4, -0.2) is 26.5 Å². The molecular formula is C21H17N5O4. The molecule has 150 valence electrons. The van der Waals surface area contributed by atoms with Crippen molar-refractivity contribution in [3.8, 4) is 0 Å². The lowest BCUT2D eigenvalue weighted by Crippen LogP contribution is -2.42. The van der Waals surface area contributed by atoms with Crippen molar-refractivity contribution in [1.29, 1.82) is 0 Å². The van der Waals surface area contributed by atoms with Crippen molar-refractivity contribution in [2.24, 2.45) is 0 Å². The summed E-state index contributed by atoms with van der Waals surface area (Å²) in [6, 6.07) is 11.9. The fourth-order valence-electron chi connectivity index (χ4n) is 3.69. The van der Waals surface area contributed by atoms with Gasteiger partial charge in [-0.25, -0.2) is 4.98 Å². The predicted octanol–water partition coefficient (Wildman–Crippen LogP) is 1.49. The van der Waals surface area contributed by atoms with Crippen LogP contribution >= 0.6 is 0 Å². The van der Waals surface area contributed by atoms with E-state index in [4.69, 9.17) is 4.52 Å². The molecule has 2 amide bonds. The molecule has 2 N–H and O–H groups in total. The first-order valence-corrected chi connectivity index (χ1v) is 9.56. The topological polar surface area (TPSA) is 119 Å². The van der Waals surface area contributed by atoms with Gasteiger partial charge in [-0.05, 0) is 36.8 Å². The fraction of sp³-hybridized carbons (Fsp3) is 0.190. The summed E-state index contributed by atoms with van der Waals surface area (Å²) < 4.78 is 6.85. The zero-order chi connectivity index (χ0) is 20.7. The summed E-state index contributed by atoms with van der Waals surface area (Å²) in [7, 11) is 0. The summed E-state index contributed by atoms with van der Waals surface area (Å²) >= 11 is 0. The Balaban J connectivity index is 1.29. The van der Waals surface area contributed by atoms with Gasteiger partial charge in [-0.2, -0.15) is 0 Å². The Labute approximate surface area is 169 Å². The Morgan fingerprint density at radius 2 is 1.97 bits per heavy atom. The van der Waals surface area contributed by atoms with Crippen LogP contribution in [0.25, 0.3) is 21.9 Å². The Bertz CT molecular complexity index is 1370. The third-order valence-electron chi connectivity index (χ3n) is 5.17. The van der Waals surface area contributed by atoms with Crippen LogP contribution in [0, 0.1) is 0 Å². The molecule has 5 rings (SSSR count). The lowest BCUT2D eigenvalue weighted by Gasteiger charge is -2.08. The Kier molecular flexibility index (Phi) is 4.27. The molecule has 9 heteroatoms. The van der Waals surface area contributed by atoms with Crippen LogP contribution in [0.1, 0.15) is 28.3 Å². The van der Waals surface area contributed by atoms with E-state index in [2.05, 4.69) is 21.0 Å². The maximum absolute atomic E-state index is 12.5. The molecule has 0 saturated carbocycles. The normalized spacial score (nSPS) is 12.8. The van der Waals surface area contributed by atoms with Crippen molar-refractivity contribution < 1.29 is 14.1 Å². The van der Waals surface area contributed by atoms with E-state index in [0.29, 0.717) is 34.3 Å². The average Bonchev–Trinajstić information content (AvgIpc) is 3.39. The first-order chi connectivity index (χ1) is 14.6. The summed E-state index contributed by atoms with van der Waals surface area (Å²) in [5, 5.41) is 5.12. The number of hydrogen-bond donors (Lipinski definition) is 2. The lowest BCUT2D eigenvalue weighted by atomic mass is 10.1. The van der Waals surface area contributed by atoms with Gasteiger partial charge >= 0.3 is 0 Å². The van der Waals surface area contributed by atoms with Gasteiger partial charge in [-0.3, -0.25) is 29.8 Å². The van der Waals surface area contributed by atoms with Gasteiger partial charge in [0.05, 0.1) is 17.3 Å². The number of para-hydroxylation sites is 1.